The van der Waals surface area contributed by atoms with Crippen LogP contribution in [-0.2, 0) is 16.1 Å². The number of pyridine rings is 1. The minimum atomic E-state index is -4.53. The van der Waals surface area contributed by atoms with Crippen LogP contribution in [-0.4, -0.2) is 42.9 Å². The van der Waals surface area contributed by atoms with Crippen molar-refractivity contribution in [3.05, 3.63) is 47.0 Å². The summed E-state index contributed by atoms with van der Waals surface area (Å²) < 4.78 is 60.2. The Hall–Kier alpha value is -2.68. The molecule has 33 heavy (non-hydrogen) atoms. The maximum absolute atomic E-state index is 15.8. The number of aromatic nitrogens is 1. The van der Waals surface area contributed by atoms with Crippen molar-refractivity contribution < 1.29 is 27.1 Å². The third kappa shape index (κ3) is 5.63. The second-order valence-corrected chi connectivity index (χ2v) is 8.83. The van der Waals surface area contributed by atoms with Crippen LogP contribution < -0.4 is 10.2 Å². The molecule has 5 nitrogen and oxygen atoms in total. The van der Waals surface area contributed by atoms with Crippen molar-refractivity contribution in [1.82, 2.24) is 10.3 Å². The molecule has 0 unspecified atom stereocenters. The first kappa shape index (κ1) is 23.5. The number of amides is 1. The van der Waals surface area contributed by atoms with E-state index in [1.165, 1.54) is 11.0 Å². The summed E-state index contributed by atoms with van der Waals surface area (Å²) in [6, 6.07) is 6.86. The molecule has 178 valence electrons. The maximum Gasteiger partial charge on any atom is 0.416 e. The third-order valence-corrected chi connectivity index (χ3v) is 6.02. The van der Waals surface area contributed by atoms with Crippen LogP contribution in [0.25, 0.3) is 11.1 Å². The Kier molecular flexibility index (Phi) is 6.61. The standard InChI is InChI=1S/C24H27F4N3O2/c1-14-9-17(10-15(2)30-14)18-5-6-20(31-7-8-33-21(13-31)24(26,27)28)23(25)19(18)12-29-22(32)11-16-3-4-16/h5-6,9-10,16,21H,3-4,7-8,11-13H2,1-2H3,(H,29,32)/t21-/m1/s1. The zero-order chi connectivity index (χ0) is 23.8. The van der Waals surface area contributed by atoms with Gasteiger partial charge in [-0.15, -0.1) is 0 Å². The van der Waals surface area contributed by atoms with Gasteiger partial charge in [0, 0.05) is 36.5 Å². The van der Waals surface area contributed by atoms with Crippen LogP contribution in [0, 0.1) is 25.6 Å². The molecular weight excluding hydrogens is 438 g/mol. The lowest BCUT2D eigenvalue weighted by Crippen LogP contribution is -2.49. The molecule has 0 spiro atoms. The molecule has 1 saturated carbocycles. The highest BCUT2D eigenvalue weighted by molar-refractivity contribution is 5.78. The number of carbonyl (C=O) groups is 1. The van der Waals surface area contributed by atoms with E-state index in [2.05, 4.69) is 10.3 Å². The van der Waals surface area contributed by atoms with E-state index in [9.17, 15) is 18.0 Å². The Balaban J connectivity index is 1.68. The number of rotatable bonds is 6. The number of nitrogens with zero attached hydrogens (tertiary/aromatic N) is 2. The van der Waals surface area contributed by atoms with Crippen molar-refractivity contribution in [2.75, 3.05) is 24.6 Å². The second-order valence-electron chi connectivity index (χ2n) is 8.83. The Morgan fingerprint density at radius 1 is 1.21 bits per heavy atom. The molecule has 1 atom stereocenters. The highest BCUT2D eigenvalue weighted by Crippen LogP contribution is 2.35. The first-order valence-electron chi connectivity index (χ1n) is 11.1. The predicted molar refractivity (Wildman–Crippen MR) is 116 cm³/mol. The monoisotopic (exact) mass is 465 g/mol. The normalized spacial score (nSPS) is 19.0. The van der Waals surface area contributed by atoms with Crippen molar-refractivity contribution in [3.8, 4) is 11.1 Å². The van der Waals surface area contributed by atoms with Gasteiger partial charge in [-0.2, -0.15) is 13.2 Å². The first-order chi connectivity index (χ1) is 15.6. The summed E-state index contributed by atoms with van der Waals surface area (Å²) >= 11 is 0. The molecule has 1 aliphatic carbocycles. The molecular formula is C24H27F4N3O2. The zero-order valence-electron chi connectivity index (χ0n) is 18.6. The molecule has 2 aliphatic rings. The lowest BCUT2D eigenvalue weighted by Gasteiger charge is -2.35. The Morgan fingerprint density at radius 2 is 1.91 bits per heavy atom. The van der Waals surface area contributed by atoms with E-state index in [0.29, 0.717) is 17.9 Å². The minimum Gasteiger partial charge on any atom is -0.365 e. The van der Waals surface area contributed by atoms with E-state index in [-0.39, 0.29) is 36.9 Å². The largest absolute Gasteiger partial charge is 0.416 e. The molecule has 0 bridgehead atoms. The van der Waals surface area contributed by atoms with Gasteiger partial charge in [0.25, 0.3) is 0 Å². The second kappa shape index (κ2) is 9.29. The summed E-state index contributed by atoms with van der Waals surface area (Å²) in [5, 5.41) is 2.80. The van der Waals surface area contributed by atoms with Crippen molar-refractivity contribution in [3.63, 3.8) is 0 Å². The summed E-state index contributed by atoms with van der Waals surface area (Å²) in [6.07, 6.45) is -4.05. The maximum atomic E-state index is 15.8. The Labute approximate surface area is 190 Å². The van der Waals surface area contributed by atoms with Crippen LogP contribution in [0.15, 0.2) is 24.3 Å². The van der Waals surface area contributed by atoms with E-state index < -0.39 is 24.6 Å². The average molecular weight is 465 g/mol. The number of alkyl halides is 3. The average Bonchev–Trinajstić information content (AvgIpc) is 3.55. The van der Waals surface area contributed by atoms with Gasteiger partial charge in [0.05, 0.1) is 18.8 Å². The van der Waals surface area contributed by atoms with E-state index in [0.717, 1.165) is 29.8 Å². The number of hydrogen-bond donors (Lipinski definition) is 1. The van der Waals surface area contributed by atoms with Gasteiger partial charge in [-0.1, -0.05) is 6.07 Å². The number of nitrogens with one attached hydrogen (secondary N) is 1. The summed E-state index contributed by atoms with van der Waals surface area (Å²) in [7, 11) is 0. The summed E-state index contributed by atoms with van der Waals surface area (Å²) in [5.74, 6) is -0.396. The molecule has 1 N–H and O–H groups in total. The van der Waals surface area contributed by atoms with E-state index in [1.807, 2.05) is 26.0 Å². The summed E-state index contributed by atoms with van der Waals surface area (Å²) in [4.78, 5) is 18.0. The van der Waals surface area contributed by atoms with E-state index in [1.54, 1.807) is 6.07 Å². The van der Waals surface area contributed by atoms with Gasteiger partial charge in [0.1, 0.15) is 0 Å². The van der Waals surface area contributed by atoms with Crippen LogP contribution in [0.3, 0.4) is 0 Å². The molecule has 1 amide bonds. The summed E-state index contributed by atoms with van der Waals surface area (Å²) in [5.41, 5.74) is 3.17. The number of carbonyl (C=O) groups excluding carboxylic acids is 1. The molecule has 1 aromatic carbocycles. The smallest absolute Gasteiger partial charge is 0.365 e. The molecule has 4 rings (SSSR count). The fourth-order valence-electron chi connectivity index (χ4n) is 4.20. The van der Waals surface area contributed by atoms with Gasteiger partial charge in [-0.05, 0) is 61.9 Å². The van der Waals surface area contributed by atoms with Gasteiger partial charge in [0.2, 0.25) is 5.91 Å². The van der Waals surface area contributed by atoms with Crippen LogP contribution in [0.4, 0.5) is 23.2 Å². The van der Waals surface area contributed by atoms with Gasteiger partial charge < -0.3 is 15.0 Å². The number of hydrogen-bond acceptors (Lipinski definition) is 4. The number of morpholine rings is 1. The zero-order valence-corrected chi connectivity index (χ0v) is 18.6. The number of anilines is 1. The fraction of sp³-hybridized carbons (Fsp3) is 0.500. The lowest BCUT2D eigenvalue weighted by molar-refractivity contribution is -0.221. The number of halogens is 4. The molecule has 1 aliphatic heterocycles. The molecule has 2 fully saturated rings. The van der Waals surface area contributed by atoms with Crippen LogP contribution in [0.5, 0.6) is 0 Å². The van der Waals surface area contributed by atoms with Crippen LogP contribution in [0.1, 0.15) is 36.2 Å². The van der Waals surface area contributed by atoms with Crippen LogP contribution in [0.2, 0.25) is 0 Å². The summed E-state index contributed by atoms with van der Waals surface area (Å²) in [6.45, 7) is 3.13. The third-order valence-electron chi connectivity index (χ3n) is 6.02. The van der Waals surface area contributed by atoms with E-state index in [4.69, 9.17) is 4.74 Å². The van der Waals surface area contributed by atoms with Crippen molar-refractivity contribution in [1.29, 1.82) is 0 Å². The van der Waals surface area contributed by atoms with Crippen molar-refractivity contribution in [2.24, 2.45) is 5.92 Å². The van der Waals surface area contributed by atoms with E-state index >= 15 is 4.39 Å². The van der Waals surface area contributed by atoms with Gasteiger partial charge in [-0.3, -0.25) is 9.78 Å². The SMILES string of the molecule is Cc1cc(-c2ccc(N3CCO[C@@H](C(F)(F)F)C3)c(F)c2CNC(=O)CC2CC2)cc(C)n1. The molecule has 1 saturated heterocycles. The predicted octanol–water partition coefficient (Wildman–Crippen LogP) is 4.69. The Bertz CT molecular complexity index is 1020. The molecule has 9 heteroatoms. The van der Waals surface area contributed by atoms with Crippen LogP contribution >= 0.6 is 0 Å². The first-order valence-corrected chi connectivity index (χ1v) is 11.1. The van der Waals surface area contributed by atoms with Gasteiger partial charge in [0.15, 0.2) is 11.9 Å². The fourth-order valence-corrected chi connectivity index (χ4v) is 4.20. The number of ether oxygens (including phenoxy) is 1. The molecule has 2 aromatic rings. The number of aryl methyl sites for hydroxylation is 2. The van der Waals surface area contributed by atoms with Gasteiger partial charge in [-0.25, -0.2) is 4.39 Å². The van der Waals surface area contributed by atoms with Gasteiger partial charge >= 0.3 is 6.18 Å². The molecule has 1 aromatic heterocycles. The highest BCUT2D eigenvalue weighted by Gasteiger charge is 2.43. The molecule has 0 radical (unpaired) electrons. The number of benzene rings is 1. The topological polar surface area (TPSA) is 54.5 Å². The molecule has 2 heterocycles. The van der Waals surface area contributed by atoms with Crippen molar-refractivity contribution in [2.45, 2.75) is 51.9 Å². The minimum absolute atomic E-state index is 0.0476. The lowest BCUT2D eigenvalue weighted by atomic mass is 9.97. The Morgan fingerprint density at radius 3 is 2.55 bits per heavy atom. The highest BCUT2D eigenvalue weighted by atomic mass is 19.4. The quantitative estimate of drug-likeness (QED) is 0.629. The van der Waals surface area contributed by atoms with Crippen molar-refractivity contribution >= 4 is 11.6 Å².